The van der Waals surface area contributed by atoms with Crippen molar-refractivity contribution in [3.63, 3.8) is 0 Å². The van der Waals surface area contributed by atoms with E-state index in [9.17, 15) is 0 Å². The van der Waals surface area contributed by atoms with Gasteiger partial charge in [-0.25, -0.2) is 0 Å². The van der Waals surface area contributed by atoms with Crippen LogP contribution in [0.2, 0.25) is 26.2 Å². The van der Waals surface area contributed by atoms with E-state index in [0.717, 1.165) is 32.8 Å². The third-order valence-electron chi connectivity index (χ3n) is 2.68. The summed E-state index contributed by atoms with van der Waals surface area (Å²) in [6, 6.07) is 0. The zero-order chi connectivity index (χ0) is 12.9. The molecule has 0 unspecified atom stereocenters. The summed E-state index contributed by atoms with van der Waals surface area (Å²) in [5.74, 6) is 0. The van der Waals surface area contributed by atoms with Gasteiger partial charge in [-0.15, -0.1) is 5.54 Å². The van der Waals surface area contributed by atoms with Crippen molar-refractivity contribution in [3.8, 4) is 11.1 Å². The molecule has 1 aliphatic rings. The second-order valence-corrected chi connectivity index (χ2v) is 13.0. The van der Waals surface area contributed by atoms with E-state index in [1.165, 1.54) is 0 Å². The Labute approximate surface area is 108 Å². The lowest BCUT2D eigenvalue weighted by Crippen LogP contribution is -2.46. The van der Waals surface area contributed by atoms with Gasteiger partial charge in [-0.1, -0.05) is 32.1 Å². The van der Waals surface area contributed by atoms with Crippen LogP contribution in [0.25, 0.3) is 0 Å². The lowest BCUT2D eigenvalue weighted by atomic mass is 10.5. The van der Waals surface area contributed by atoms with Gasteiger partial charge < -0.3 is 8.85 Å². The minimum atomic E-state index is -2.22. The SMILES string of the molecule is CCN1CCO[Si](C)(C#C[Si](C)(C)C)OCC1. The fraction of sp³-hybridized carbons (Fsp3) is 0.833. The summed E-state index contributed by atoms with van der Waals surface area (Å²) in [5, 5.41) is 0. The summed E-state index contributed by atoms with van der Waals surface area (Å²) in [5.41, 5.74) is 6.72. The van der Waals surface area contributed by atoms with Crippen LogP contribution in [-0.4, -0.2) is 54.4 Å². The highest BCUT2D eigenvalue weighted by Crippen LogP contribution is 2.10. The summed E-state index contributed by atoms with van der Waals surface area (Å²) < 4.78 is 11.8. The Balaban J connectivity index is 2.61. The molecule has 0 aromatic carbocycles. The van der Waals surface area contributed by atoms with Crippen molar-refractivity contribution in [1.82, 2.24) is 4.90 Å². The van der Waals surface area contributed by atoms with Gasteiger partial charge in [0.25, 0.3) is 0 Å². The predicted molar refractivity (Wildman–Crippen MR) is 76.8 cm³/mol. The third kappa shape index (κ3) is 5.84. The number of likely N-dealkylation sites (N-methyl/N-ethyl adjacent to an activating group) is 1. The van der Waals surface area contributed by atoms with Gasteiger partial charge in [0.1, 0.15) is 8.07 Å². The van der Waals surface area contributed by atoms with Crippen LogP contribution in [0.4, 0.5) is 0 Å². The van der Waals surface area contributed by atoms with E-state index in [1.807, 2.05) is 0 Å². The zero-order valence-corrected chi connectivity index (χ0v) is 13.8. The fourth-order valence-electron chi connectivity index (χ4n) is 1.58. The normalized spacial score (nSPS) is 22.2. The molecule has 0 aromatic heterocycles. The molecule has 1 heterocycles. The van der Waals surface area contributed by atoms with Crippen molar-refractivity contribution < 1.29 is 8.85 Å². The average Bonchev–Trinajstić information content (AvgIpc) is 2.20. The molecule has 17 heavy (non-hydrogen) atoms. The van der Waals surface area contributed by atoms with E-state index in [2.05, 4.69) is 49.1 Å². The van der Waals surface area contributed by atoms with Gasteiger partial charge in [0.15, 0.2) is 0 Å². The van der Waals surface area contributed by atoms with Crippen LogP contribution >= 0.6 is 0 Å². The Morgan fingerprint density at radius 3 is 2.12 bits per heavy atom. The van der Waals surface area contributed by atoms with E-state index in [1.54, 1.807) is 0 Å². The average molecular weight is 272 g/mol. The second kappa shape index (κ2) is 6.16. The van der Waals surface area contributed by atoms with Crippen molar-refractivity contribution >= 4 is 16.6 Å². The van der Waals surface area contributed by atoms with Crippen LogP contribution in [0, 0.1) is 11.1 Å². The van der Waals surface area contributed by atoms with E-state index in [4.69, 9.17) is 8.85 Å². The molecule has 1 aliphatic heterocycles. The van der Waals surface area contributed by atoms with E-state index < -0.39 is 16.6 Å². The zero-order valence-electron chi connectivity index (χ0n) is 11.8. The summed E-state index contributed by atoms with van der Waals surface area (Å²) in [6.07, 6.45) is 0. The first kappa shape index (κ1) is 14.9. The Morgan fingerprint density at radius 2 is 1.71 bits per heavy atom. The summed E-state index contributed by atoms with van der Waals surface area (Å²) >= 11 is 0. The van der Waals surface area contributed by atoms with Gasteiger partial charge in [-0.05, 0) is 13.1 Å². The first-order chi connectivity index (χ1) is 7.85. The number of hydrogen-bond donors (Lipinski definition) is 0. The highest BCUT2D eigenvalue weighted by molar-refractivity contribution is 6.86. The topological polar surface area (TPSA) is 21.7 Å². The highest BCUT2D eigenvalue weighted by atomic mass is 28.4. The first-order valence-electron chi connectivity index (χ1n) is 6.39. The molecule has 0 aromatic rings. The van der Waals surface area contributed by atoms with E-state index >= 15 is 0 Å². The molecular weight excluding hydrogens is 246 g/mol. The third-order valence-corrected chi connectivity index (χ3v) is 5.90. The molecule has 0 spiro atoms. The summed E-state index contributed by atoms with van der Waals surface area (Å²) in [6.45, 7) is 15.5. The maximum absolute atomic E-state index is 5.92. The maximum Gasteiger partial charge on any atom is 0.420 e. The quantitative estimate of drug-likeness (QED) is 0.537. The van der Waals surface area contributed by atoms with Crippen LogP contribution in [0.15, 0.2) is 0 Å². The minimum absolute atomic E-state index is 0.747. The van der Waals surface area contributed by atoms with E-state index in [-0.39, 0.29) is 0 Å². The largest absolute Gasteiger partial charge is 0.420 e. The number of hydrogen-bond acceptors (Lipinski definition) is 3. The Kier molecular flexibility index (Phi) is 5.41. The van der Waals surface area contributed by atoms with Crippen LogP contribution in [0.3, 0.4) is 0 Å². The predicted octanol–water partition coefficient (Wildman–Crippen LogP) is 1.85. The summed E-state index contributed by atoms with van der Waals surface area (Å²) in [4.78, 5) is 2.35. The molecule has 0 atom stereocenters. The standard InChI is InChI=1S/C12H25NO2Si2/c1-6-13-7-9-14-17(5,15-10-8-13)12-11-16(2,3)4/h6-10H2,1-5H3. The second-order valence-electron chi connectivity index (χ2n) is 5.58. The first-order valence-corrected chi connectivity index (χ1v) is 12.2. The molecule has 98 valence electrons. The molecular formula is C12H25NO2Si2. The monoisotopic (exact) mass is 271 g/mol. The highest BCUT2D eigenvalue weighted by Gasteiger charge is 2.32. The van der Waals surface area contributed by atoms with Gasteiger partial charge in [0.05, 0.1) is 0 Å². The molecule has 0 saturated carbocycles. The smallest absolute Gasteiger partial charge is 0.384 e. The van der Waals surface area contributed by atoms with Crippen molar-refractivity contribution in [3.05, 3.63) is 0 Å². The van der Waals surface area contributed by atoms with Crippen molar-refractivity contribution in [2.75, 3.05) is 32.8 Å². The van der Waals surface area contributed by atoms with Crippen LogP contribution in [0.5, 0.6) is 0 Å². The fourth-order valence-corrected chi connectivity index (χ4v) is 5.18. The Bertz CT molecular complexity index is 294. The minimum Gasteiger partial charge on any atom is -0.384 e. The maximum atomic E-state index is 5.92. The molecule has 3 nitrogen and oxygen atoms in total. The van der Waals surface area contributed by atoms with Gasteiger partial charge in [0, 0.05) is 26.3 Å². The molecule has 1 fully saturated rings. The molecule has 5 heteroatoms. The molecule has 0 bridgehead atoms. The van der Waals surface area contributed by atoms with Crippen molar-refractivity contribution in [2.24, 2.45) is 0 Å². The van der Waals surface area contributed by atoms with Gasteiger partial charge in [0.2, 0.25) is 0 Å². The van der Waals surface area contributed by atoms with Gasteiger partial charge in [-0.2, -0.15) is 0 Å². The summed E-state index contributed by atoms with van der Waals surface area (Å²) in [7, 11) is -3.56. The lowest BCUT2D eigenvalue weighted by molar-refractivity contribution is 0.107. The molecule has 0 amide bonds. The molecule has 1 rings (SSSR count). The molecule has 1 saturated heterocycles. The van der Waals surface area contributed by atoms with Gasteiger partial charge in [-0.3, -0.25) is 4.90 Å². The van der Waals surface area contributed by atoms with E-state index in [0.29, 0.717) is 0 Å². The Hall–Kier alpha value is -0.126. The number of nitrogens with zero attached hydrogens (tertiary/aromatic N) is 1. The molecule has 0 aliphatic carbocycles. The van der Waals surface area contributed by atoms with Crippen molar-refractivity contribution in [2.45, 2.75) is 33.1 Å². The van der Waals surface area contributed by atoms with Crippen LogP contribution in [-0.2, 0) is 8.85 Å². The Morgan fingerprint density at radius 1 is 1.18 bits per heavy atom. The van der Waals surface area contributed by atoms with Crippen LogP contribution in [0.1, 0.15) is 6.92 Å². The lowest BCUT2D eigenvalue weighted by Gasteiger charge is -2.29. The van der Waals surface area contributed by atoms with Crippen molar-refractivity contribution in [1.29, 1.82) is 0 Å². The molecule has 0 N–H and O–H groups in total. The van der Waals surface area contributed by atoms with Crippen LogP contribution < -0.4 is 0 Å². The number of rotatable bonds is 1. The van der Waals surface area contributed by atoms with Gasteiger partial charge >= 0.3 is 8.56 Å². The molecule has 0 radical (unpaired) electrons.